The third-order valence-electron chi connectivity index (χ3n) is 6.91. The fourth-order valence-electron chi connectivity index (χ4n) is 5.28. The Labute approximate surface area is 208 Å². The van der Waals surface area contributed by atoms with Crippen molar-refractivity contribution in [2.75, 3.05) is 14.2 Å². The van der Waals surface area contributed by atoms with Gasteiger partial charge in [-0.1, -0.05) is 84.9 Å². The van der Waals surface area contributed by atoms with Crippen molar-refractivity contribution < 1.29 is 19.1 Å². The van der Waals surface area contributed by atoms with Gasteiger partial charge in [0.15, 0.2) is 0 Å². The van der Waals surface area contributed by atoms with E-state index in [4.69, 9.17) is 9.47 Å². The molecule has 0 N–H and O–H groups in total. The molecule has 0 fully saturated rings. The van der Waals surface area contributed by atoms with Gasteiger partial charge in [0.1, 0.15) is 0 Å². The van der Waals surface area contributed by atoms with Crippen LogP contribution in [0.2, 0.25) is 0 Å². The summed E-state index contributed by atoms with van der Waals surface area (Å²) in [6.07, 6.45) is 0. The number of benzene rings is 6. The first-order chi connectivity index (χ1) is 17.6. The fraction of sp³-hybridized carbons (Fsp3) is 0.0625. The van der Waals surface area contributed by atoms with Crippen molar-refractivity contribution in [2.45, 2.75) is 0 Å². The minimum absolute atomic E-state index is 0.363. The van der Waals surface area contributed by atoms with Gasteiger partial charge in [0.25, 0.3) is 0 Å². The van der Waals surface area contributed by atoms with Crippen molar-refractivity contribution in [2.24, 2.45) is 0 Å². The topological polar surface area (TPSA) is 52.6 Å². The molecule has 0 aliphatic heterocycles. The molecule has 0 aromatic heterocycles. The van der Waals surface area contributed by atoms with Gasteiger partial charge < -0.3 is 9.47 Å². The Morgan fingerprint density at radius 3 is 1.28 bits per heavy atom. The highest BCUT2D eigenvalue weighted by Crippen LogP contribution is 2.43. The molecular weight excluding hydrogens is 448 g/mol. The van der Waals surface area contributed by atoms with Crippen LogP contribution in [0.15, 0.2) is 97.1 Å². The largest absolute Gasteiger partial charge is 0.465 e. The highest BCUT2D eigenvalue weighted by molar-refractivity contribution is 6.28. The molecule has 0 atom stereocenters. The van der Waals surface area contributed by atoms with Crippen molar-refractivity contribution in [1.29, 1.82) is 0 Å². The van der Waals surface area contributed by atoms with Crippen LogP contribution in [0, 0.1) is 0 Å². The normalized spacial score (nSPS) is 11.3. The number of hydrogen-bond donors (Lipinski definition) is 0. The van der Waals surface area contributed by atoms with E-state index in [-0.39, 0.29) is 11.9 Å². The minimum Gasteiger partial charge on any atom is -0.465 e. The van der Waals surface area contributed by atoms with E-state index in [9.17, 15) is 9.59 Å². The molecular formula is C32H22O4. The number of carbonyl (C=O) groups excluding carboxylic acids is 2. The third kappa shape index (κ3) is 3.23. The first-order valence-electron chi connectivity index (χ1n) is 11.7. The molecule has 0 saturated carbocycles. The van der Waals surface area contributed by atoms with E-state index in [2.05, 4.69) is 48.5 Å². The highest BCUT2D eigenvalue weighted by Gasteiger charge is 2.20. The molecule has 174 valence electrons. The van der Waals surface area contributed by atoms with Crippen LogP contribution in [0.4, 0.5) is 0 Å². The van der Waals surface area contributed by atoms with E-state index < -0.39 is 0 Å². The summed E-state index contributed by atoms with van der Waals surface area (Å²) in [5.74, 6) is -0.726. The second-order valence-corrected chi connectivity index (χ2v) is 8.72. The second kappa shape index (κ2) is 8.51. The lowest BCUT2D eigenvalue weighted by molar-refractivity contribution is 0.0592. The molecule has 0 heterocycles. The van der Waals surface area contributed by atoms with E-state index in [0.717, 1.165) is 54.6 Å². The van der Waals surface area contributed by atoms with E-state index in [1.165, 1.54) is 14.2 Å². The number of esters is 2. The molecule has 0 radical (unpaired) electrons. The number of ether oxygens (including phenoxy) is 2. The van der Waals surface area contributed by atoms with Gasteiger partial charge in [0.05, 0.1) is 25.3 Å². The van der Waals surface area contributed by atoms with Crippen LogP contribution in [0.5, 0.6) is 0 Å². The molecule has 0 saturated heterocycles. The zero-order valence-corrected chi connectivity index (χ0v) is 19.9. The van der Waals surface area contributed by atoms with Gasteiger partial charge in [0.2, 0.25) is 0 Å². The average Bonchev–Trinajstić information content (AvgIpc) is 2.94. The Balaban J connectivity index is 1.69. The fourth-order valence-corrected chi connectivity index (χ4v) is 5.28. The molecule has 6 rings (SSSR count). The molecule has 6 aromatic carbocycles. The smallest absolute Gasteiger partial charge is 0.338 e. The predicted molar refractivity (Wildman–Crippen MR) is 144 cm³/mol. The van der Waals surface area contributed by atoms with Crippen LogP contribution in [0.3, 0.4) is 0 Å². The lowest BCUT2D eigenvalue weighted by Crippen LogP contribution is -2.04. The van der Waals surface area contributed by atoms with E-state index >= 15 is 0 Å². The summed E-state index contributed by atoms with van der Waals surface area (Å²) in [6, 6.07) is 31.8. The average molecular weight is 471 g/mol. The molecule has 36 heavy (non-hydrogen) atoms. The monoisotopic (exact) mass is 470 g/mol. The minimum atomic E-state index is -0.363. The molecule has 0 bridgehead atoms. The van der Waals surface area contributed by atoms with Crippen LogP contribution < -0.4 is 0 Å². The Morgan fingerprint density at radius 2 is 0.861 bits per heavy atom. The van der Waals surface area contributed by atoms with Gasteiger partial charge in [0, 0.05) is 0 Å². The van der Waals surface area contributed by atoms with Crippen molar-refractivity contribution in [1.82, 2.24) is 0 Å². The van der Waals surface area contributed by atoms with Crippen molar-refractivity contribution in [3.63, 3.8) is 0 Å². The summed E-state index contributed by atoms with van der Waals surface area (Å²) in [5, 5.41) is 6.58. The van der Waals surface area contributed by atoms with E-state index in [1.54, 1.807) is 12.1 Å². The number of carbonyl (C=O) groups is 2. The molecule has 0 spiro atoms. The van der Waals surface area contributed by atoms with Gasteiger partial charge in [-0.25, -0.2) is 9.59 Å². The van der Waals surface area contributed by atoms with Crippen molar-refractivity contribution in [3.05, 3.63) is 108 Å². The molecule has 0 aliphatic rings. The SMILES string of the molecule is COC(=O)c1ccccc1-c1ccc2ccc3c(-c4ccccc4C(=O)OC)ccc4ccc1c2c43. The summed E-state index contributed by atoms with van der Waals surface area (Å²) < 4.78 is 10.1. The zero-order valence-electron chi connectivity index (χ0n) is 19.9. The summed E-state index contributed by atoms with van der Waals surface area (Å²) in [5.41, 5.74) is 4.67. The lowest BCUT2D eigenvalue weighted by atomic mass is 9.86. The Hall–Kier alpha value is -4.70. The van der Waals surface area contributed by atoms with Crippen molar-refractivity contribution in [3.8, 4) is 22.3 Å². The maximum Gasteiger partial charge on any atom is 0.338 e. The van der Waals surface area contributed by atoms with E-state index in [1.807, 2.05) is 36.4 Å². The van der Waals surface area contributed by atoms with Crippen LogP contribution in [-0.2, 0) is 9.47 Å². The second-order valence-electron chi connectivity index (χ2n) is 8.72. The summed E-state index contributed by atoms with van der Waals surface area (Å²) in [7, 11) is 2.80. The van der Waals surface area contributed by atoms with Gasteiger partial charge >= 0.3 is 11.9 Å². The number of rotatable bonds is 4. The van der Waals surface area contributed by atoms with Crippen LogP contribution in [0.1, 0.15) is 20.7 Å². The molecule has 0 amide bonds. The zero-order chi connectivity index (χ0) is 24.8. The standard InChI is InChI=1S/C32H22O4/c1-35-31(33)27-9-5-3-7-21(27)23-15-11-19-14-18-26-24(22-8-4-6-10-28(22)32(34)36-2)16-12-20-13-17-25(23)29(19)30(20)26/h3-18H,1-2H3. The molecule has 0 aliphatic carbocycles. The molecule has 4 nitrogen and oxygen atoms in total. The lowest BCUT2D eigenvalue weighted by Gasteiger charge is -2.18. The highest BCUT2D eigenvalue weighted by atomic mass is 16.5. The Morgan fingerprint density at radius 1 is 0.472 bits per heavy atom. The van der Waals surface area contributed by atoms with Gasteiger partial charge in [-0.3, -0.25) is 0 Å². The third-order valence-corrected chi connectivity index (χ3v) is 6.91. The predicted octanol–water partition coefficient (Wildman–Crippen LogP) is 7.49. The summed E-state index contributed by atoms with van der Waals surface area (Å²) in [4.78, 5) is 25.1. The van der Waals surface area contributed by atoms with Crippen LogP contribution in [0.25, 0.3) is 54.6 Å². The molecule has 4 heteroatoms. The summed E-state index contributed by atoms with van der Waals surface area (Å²) >= 11 is 0. The quantitative estimate of drug-likeness (QED) is 0.198. The van der Waals surface area contributed by atoms with Gasteiger partial charge in [-0.15, -0.1) is 0 Å². The maximum atomic E-state index is 12.5. The first kappa shape index (κ1) is 21.8. The van der Waals surface area contributed by atoms with E-state index in [0.29, 0.717) is 11.1 Å². The maximum absolute atomic E-state index is 12.5. The molecule has 6 aromatic rings. The first-order valence-corrected chi connectivity index (χ1v) is 11.7. The molecule has 0 unspecified atom stereocenters. The Bertz CT molecular complexity index is 1660. The van der Waals surface area contributed by atoms with Crippen LogP contribution in [-0.4, -0.2) is 26.2 Å². The van der Waals surface area contributed by atoms with Gasteiger partial charge in [-0.2, -0.15) is 0 Å². The summed E-state index contributed by atoms with van der Waals surface area (Å²) in [6.45, 7) is 0. The van der Waals surface area contributed by atoms with Gasteiger partial charge in [-0.05, 0) is 66.7 Å². The Kier molecular flexibility index (Phi) is 5.15. The van der Waals surface area contributed by atoms with Crippen molar-refractivity contribution >= 4 is 44.3 Å². The number of methoxy groups -OCH3 is 2. The van der Waals surface area contributed by atoms with Crippen LogP contribution >= 0.6 is 0 Å². The number of hydrogen-bond acceptors (Lipinski definition) is 4.